The van der Waals surface area contributed by atoms with Gasteiger partial charge >= 0.3 is 0 Å². The summed E-state index contributed by atoms with van der Waals surface area (Å²) in [4.78, 5) is 23.5. The van der Waals surface area contributed by atoms with Crippen LogP contribution in [0, 0.1) is 0 Å². The molecule has 2 heterocycles. The van der Waals surface area contributed by atoms with Crippen LogP contribution in [0.5, 0.6) is 0 Å². The summed E-state index contributed by atoms with van der Waals surface area (Å²) in [5, 5.41) is 12.1. The molecule has 2 aliphatic rings. The number of hydrogen-bond acceptors (Lipinski definition) is 4. The predicted octanol–water partition coefficient (Wildman–Crippen LogP) is 0.532. The molecule has 0 aliphatic carbocycles. The van der Waals surface area contributed by atoms with Crippen molar-refractivity contribution in [3.63, 3.8) is 0 Å². The number of rotatable bonds is 2. The number of anilines is 2. The maximum absolute atomic E-state index is 12.2. The number of piperidine rings is 1. The van der Waals surface area contributed by atoms with E-state index in [2.05, 4.69) is 21.3 Å². The highest BCUT2D eigenvalue weighted by Gasteiger charge is 2.19. The van der Waals surface area contributed by atoms with Gasteiger partial charge in [-0.25, -0.2) is 0 Å². The zero-order valence-electron chi connectivity index (χ0n) is 11.2. The first-order valence-corrected chi connectivity index (χ1v) is 6.92. The molecular formula is C14H18N4O2. The van der Waals surface area contributed by atoms with Crippen molar-refractivity contribution in [1.29, 1.82) is 0 Å². The molecule has 0 unspecified atom stereocenters. The summed E-state index contributed by atoms with van der Waals surface area (Å²) in [6.07, 6.45) is 1.93. The highest BCUT2D eigenvalue weighted by Crippen LogP contribution is 2.25. The van der Waals surface area contributed by atoms with E-state index in [0.29, 0.717) is 5.56 Å². The first kappa shape index (κ1) is 12.9. The molecule has 2 aliphatic heterocycles. The van der Waals surface area contributed by atoms with Gasteiger partial charge in [-0.05, 0) is 44.1 Å². The minimum absolute atomic E-state index is 0.0570. The van der Waals surface area contributed by atoms with Gasteiger partial charge in [0.2, 0.25) is 5.91 Å². The minimum Gasteiger partial charge on any atom is -0.374 e. The van der Waals surface area contributed by atoms with Gasteiger partial charge in [0.1, 0.15) is 0 Å². The van der Waals surface area contributed by atoms with Crippen LogP contribution in [0.15, 0.2) is 18.2 Å². The maximum Gasteiger partial charge on any atom is 0.251 e. The molecule has 0 aromatic heterocycles. The van der Waals surface area contributed by atoms with Gasteiger partial charge in [0.15, 0.2) is 0 Å². The zero-order chi connectivity index (χ0) is 13.9. The van der Waals surface area contributed by atoms with Crippen molar-refractivity contribution in [2.45, 2.75) is 18.9 Å². The van der Waals surface area contributed by atoms with Crippen LogP contribution in [0.3, 0.4) is 0 Å². The molecule has 6 nitrogen and oxygen atoms in total. The van der Waals surface area contributed by atoms with Gasteiger partial charge in [0, 0.05) is 11.6 Å². The van der Waals surface area contributed by atoms with Gasteiger partial charge in [-0.2, -0.15) is 0 Å². The third-order valence-corrected chi connectivity index (χ3v) is 3.67. The Labute approximate surface area is 117 Å². The van der Waals surface area contributed by atoms with E-state index in [4.69, 9.17) is 0 Å². The molecular weight excluding hydrogens is 256 g/mol. The second-order valence-electron chi connectivity index (χ2n) is 5.16. The Morgan fingerprint density at radius 3 is 2.80 bits per heavy atom. The van der Waals surface area contributed by atoms with Crippen molar-refractivity contribution < 1.29 is 9.59 Å². The molecule has 0 spiro atoms. The van der Waals surface area contributed by atoms with Crippen LogP contribution in [-0.2, 0) is 4.79 Å². The summed E-state index contributed by atoms with van der Waals surface area (Å²) < 4.78 is 0. The molecule has 0 bridgehead atoms. The lowest BCUT2D eigenvalue weighted by atomic mass is 10.1. The first-order chi connectivity index (χ1) is 9.72. The van der Waals surface area contributed by atoms with Crippen molar-refractivity contribution >= 4 is 23.2 Å². The summed E-state index contributed by atoms with van der Waals surface area (Å²) in [6, 6.07) is 5.53. The summed E-state index contributed by atoms with van der Waals surface area (Å²) in [7, 11) is 0. The Bertz CT molecular complexity index is 538. The number of amides is 2. The molecule has 3 rings (SSSR count). The van der Waals surface area contributed by atoms with E-state index in [0.717, 1.165) is 37.3 Å². The fourth-order valence-corrected chi connectivity index (χ4v) is 2.55. The first-order valence-electron chi connectivity index (χ1n) is 6.92. The maximum atomic E-state index is 12.2. The van der Waals surface area contributed by atoms with Gasteiger partial charge < -0.3 is 21.3 Å². The van der Waals surface area contributed by atoms with Gasteiger partial charge in [-0.15, -0.1) is 0 Å². The number of nitrogens with one attached hydrogen (secondary N) is 4. The van der Waals surface area contributed by atoms with Gasteiger partial charge in [-0.1, -0.05) is 0 Å². The largest absolute Gasteiger partial charge is 0.374 e. The summed E-state index contributed by atoms with van der Waals surface area (Å²) in [6.45, 7) is 2.14. The minimum atomic E-state index is -0.0654. The molecule has 4 N–H and O–H groups in total. The number of benzene rings is 1. The van der Waals surface area contributed by atoms with E-state index in [1.807, 2.05) is 0 Å². The zero-order valence-corrected chi connectivity index (χ0v) is 11.2. The summed E-state index contributed by atoms with van der Waals surface area (Å²) >= 11 is 0. The third kappa shape index (κ3) is 2.75. The van der Waals surface area contributed by atoms with Gasteiger partial charge in [-0.3, -0.25) is 9.59 Å². The quantitative estimate of drug-likeness (QED) is 0.634. The smallest absolute Gasteiger partial charge is 0.251 e. The van der Waals surface area contributed by atoms with Gasteiger partial charge in [0.05, 0.1) is 17.9 Å². The summed E-state index contributed by atoms with van der Waals surface area (Å²) in [5.74, 6) is -0.122. The number of carbonyl (C=O) groups is 2. The van der Waals surface area contributed by atoms with Crippen LogP contribution in [0.2, 0.25) is 0 Å². The standard InChI is InChI=1S/C14H18N4O2/c19-13-8-16-12-7-9(1-2-11(12)18-13)14(20)17-10-3-5-15-6-4-10/h1-2,7,10,15-16H,3-6,8H2,(H,17,20)(H,18,19). The Kier molecular flexibility index (Phi) is 3.56. The Balaban J connectivity index is 1.70. The lowest BCUT2D eigenvalue weighted by molar-refractivity contribution is -0.114. The molecule has 1 fully saturated rings. The average Bonchev–Trinajstić information content (AvgIpc) is 2.47. The van der Waals surface area contributed by atoms with E-state index in [9.17, 15) is 9.59 Å². The van der Waals surface area contributed by atoms with E-state index in [1.165, 1.54) is 0 Å². The second kappa shape index (κ2) is 5.50. The normalized spacial score (nSPS) is 18.7. The van der Waals surface area contributed by atoms with Crippen LogP contribution in [0.4, 0.5) is 11.4 Å². The van der Waals surface area contributed by atoms with Crippen LogP contribution in [0.25, 0.3) is 0 Å². The van der Waals surface area contributed by atoms with Crippen molar-refractivity contribution in [3.8, 4) is 0 Å². The van der Waals surface area contributed by atoms with E-state index >= 15 is 0 Å². The molecule has 6 heteroatoms. The second-order valence-corrected chi connectivity index (χ2v) is 5.16. The number of carbonyl (C=O) groups excluding carboxylic acids is 2. The molecule has 106 valence electrons. The predicted molar refractivity (Wildman–Crippen MR) is 76.9 cm³/mol. The topological polar surface area (TPSA) is 82.3 Å². The molecule has 2 amide bonds. The Hall–Kier alpha value is -2.08. The van der Waals surface area contributed by atoms with E-state index in [-0.39, 0.29) is 24.4 Å². The van der Waals surface area contributed by atoms with Crippen molar-refractivity contribution in [3.05, 3.63) is 23.8 Å². The lowest BCUT2D eigenvalue weighted by Crippen LogP contribution is -2.42. The average molecular weight is 274 g/mol. The lowest BCUT2D eigenvalue weighted by Gasteiger charge is -2.24. The number of fused-ring (bicyclic) bond motifs is 1. The molecule has 1 saturated heterocycles. The summed E-state index contributed by atoms with van der Waals surface area (Å²) in [5.41, 5.74) is 2.13. The number of hydrogen-bond donors (Lipinski definition) is 4. The van der Waals surface area contributed by atoms with Crippen molar-refractivity contribution in [2.75, 3.05) is 30.3 Å². The van der Waals surface area contributed by atoms with Crippen LogP contribution in [-0.4, -0.2) is 37.5 Å². The molecule has 0 saturated carbocycles. The van der Waals surface area contributed by atoms with Crippen LogP contribution < -0.4 is 21.3 Å². The van der Waals surface area contributed by atoms with Crippen LogP contribution >= 0.6 is 0 Å². The molecule has 20 heavy (non-hydrogen) atoms. The highest BCUT2D eigenvalue weighted by atomic mass is 16.2. The van der Waals surface area contributed by atoms with Crippen molar-refractivity contribution in [1.82, 2.24) is 10.6 Å². The van der Waals surface area contributed by atoms with Gasteiger partial charge in [0.25, 0.3) is 5.91 Å². The monoisotopic (exact) mass is 274 g/mol. The van der Waals surface area contributed by atoms with Crippen molar-refractivity contribution in [2.24, 2.45) is 0 Å². The fourth-order valence-electron chi connectivity index (χ4n) is 2.55. The molecule has 0 atom stereocenters. The third-order valence-electron chi connectivity index (χ3n) is 3.67. The SMILES string of the molecule is O=C1CNc2cc(C(=O)NC3CCNCC3)ccc2N1. The van der Waals surface area contributed by atoms with E-state index in [1.54, 1.807) is 18.2 Å². The van der Waals surface area contributed by atoms with E-state index < -0.39 is 0 Å². The highest BCUT2D eigenvalue weighted by molar-refractivity contribution is 6.03. The van der Waals surface area contributed by atoms with Crippen LogP contribution in [0.1, 0.15) is 23.2 Å². The molecule has 1 aromatic rings. The Morgan fingerprint density at radius 2 is 2.00 bits per heavy atom. The Morgan fingerprint density at radius 1 is 1.20 bits per heavy atom. The molecule has 1 aromatic carbocycles. The molecule has 0 radical (unpaired) electrons. The fraction of sp³-hybridized carbons (Fsp3) is 0.429.